The maximum atomic E-state index is 8.99. The van der Waals surface area contributed by atoms with Crippen molar-refractivity contribution in [1.82, 2.24) is 15.0 Å². The van der Waals surface area contributed by atoms with Crippen molar-refractivity contribution in [3.8, 4) is 11.3 Å². The fraction of sp³-hybridized carbons (Fsp3) is 0.273. The molecule has 2 rings (SSSR count). The van der Waals surface area contributed by atoms with E-state index in [1.807, 2.05) is 24.3 Å². The molecule has 3 N–H and O–H groups in total. The van der Waals surface area contributed by atoms with Crippen molar-refractivity contribution in [3.63, 3.8) is 0 Å². The van der Waals surface area contributed by atoms with Gasteiger partial charge in [0.2, 0.25) is 0 Å². The normalized spacial score (nSPS) is 10.8. The Morgan fingerprint density at radius 1 is 1.29 bits per heavy atom. The fourth-order valence-corrected chi connectivity index (χ4v) is 1.93. The smallest absolute Gasteiger partial charge is 0.104 e. The van der Waals surface area contributed by atoms with Crippen LogP contribution >= 0.6 is 15.9 Å². The molecule has 0 spiro atoms. The van der Waals surface area contributed by atoms with Gasteiger partial charge in [0.05, 0.1) is 18.8 Å². The maximum Gasteiger partial charge on any atom is 0.104 e. The van der Waals surface area contributed by atoms with E-state index < -0.39 is 0 Å². The number of rotatable bonds is 4. The fourth-order valence-electron chi connectivity index (χ4n) is 1.66. The molecule has 0 radical (unpaired) electrons. The van der Waals surface area contributed by atoms with Crippen molar-refractivity contribution in [2.45, 2.75) is 13.1 Å². The van der Waals surface area contributed by atoms with Crippen molar-refractivity contribution >= 4 is 15.9 Å². The Balaban J connectivity index is 2.47. The average Bonchev–Trinajstić information content (AvgIpc) is 2.74. The molecule has 5 nitrogen and oxygen atoms in total. The quantitative estimate of drug-likeness (QED) is 0.888. The van der Waals surface area contributed by atoms with Crippen molar-refractivity contribution in [2.75, 3.05) is 6.61 Å². The SMILES string of the molecule is NCc1nnn(CCO)c1-c1ccc(Br)cc1. The summed E-state index contributed by atoms with van der Waals surface area (Å²) in [5.74, 6) is 0. The van der Waals surface area contributed by atoms with E-state index in [1.165, 1.54) is 0 Å². The summed E-state index contributed by atoms with van der Waals surface area (Å²) in [5.41, 5.74) is 8.24. The van der Waals surface area contributed by atoms with Gasteiger partial charge in [0.25, 0.3) is 0 Å². The molecule has 0 saturated carbocycles. The summed E-state index contributed by atoms with van der Waals surface area (Å²) in [5, 5.41) is 17.0. The van der Waals surface area contributed by atoms with Crippen LogP contribution in [0.1, 0.15) is 5.69 Å². The number of benzene rings is 1. The minimum atomic E-state index is 0.0247. The highest BCUT2D eigenvalue weighted by atomic mass is 79.9. The van der Waals surface area contributed by atoms with Crippen LogP contribution in [0, 0.1) is 0 Å². The molecule has 0 unspecified atom stereocenters. The predicted molar refractivity (Wildman–Crippen MR) is 68.1 cm³/mol. The minimum absolute atomic E-state index is 0.0247. The molecule has 0 saturated heterocycles. The number of halogens is 1. The first-order valence-electron chi connectivity index (χ1n) is 5.25. The van der Waals surface area contributed by atoms with E-state index in [9.17, 15) is 0 Å². The van der Waals surface area contributed by atoms with Gasteiger partial charge in [-0.2, -0.15) is 0 Å². The second kappa shape index (κ2) is 5.39. The Morgan fingerprint density at radius 2 is 2.00 bits per heavy atom. The first-order valence-corrected chi connectivity index (χ1v) is 6.04. The zero-order valence-corrected chi connectivity index (χ0v) is 10.8. The zero-order chi connectivity index (χ0) is 12.3. The third-order valence-electron chi connectivity index (χ3n) is 2.43. The highest BCUT2D eigenvalue weighted by Gasteiger charge is 2.13. The Hall–Kier alpha value is -1.24. The lowest BCUT2D eigenvalue weighted by Gasteiger charge is -2.06. The maximum absolute atomic E-state index is 8.99. The van der Waals surface area contributed by atoms with Crippen LogP contribution in [0.25, 0.3) is 11.3 Å². The van der Waals surface area contributed by atoms with Gasteiger partial charge in [-0.25, -0.2) is 4.68 Å². The highest BCUT2D eigenvalue weighted by molar-refractivity contribution is 9.10. The van der Waals surface area contributed by atoms with Gasteiger partial charge >= 0.3 is 0 Å². The van der Waals surface area contributed by atoms with E-state index in [1.54, 1.807) is 4.68 Å². The summed E-state index contributed by atoms with van der Waals surface area (Å²) >= 11 is 3.39. The van der Waals surface area contributed by atoms with Gasteiger partial charge in [0, 0.05) is 16.6 Å². The number of hydrogen-bond acceptors (Lipinski definition) is 4. The van der Waals surface area contributed by atoms with Crippen LogP contribution < -0.4 is 5.73 Å². The van der Waals surface area contributed by atoms with E-state index in [-0.39, 0.29) is 6.61 Å². The van der Waals surface area contributed by atoms with Crippen LogP contribution in [0.3, 0.4) is 0 Å². The van der Waals surface area contributed by atoms with Gasteiger partial charge < -0.3 is 10.8 Å². The summed E-state index contributed by atoms with van der Waals surface area (Å²) in [4.78, 5) is 0. The molecule has 17 heavy (non-hydrogen) atoms. The summed E-state index contributed by atoms with van der Waals surface area (Å²) in [6, 6.07) is 7.84. The first kappa shape index (κ1) is 12.2. The third kappa shape index (κ3) is 2.54. The molecule has 1 aromatic heterocycles. The lowest BCUT2D eigenvalue weighted by atomic mass is 10.1. The zero-order valence-electron chi connectivity index (χ0n) is 9.17. The van der Waals surface area contributed by atoms with Crippen LogP contribution in [0.2, 0.25) is 0 Å². The monoisotopic (exact) mass is 296 g/mol. The van der Waals surface area contributed by atoms with Crippen molar-refractivity contribution < 1.29 is 5.11 Å². The molecule has 0 atom stereocenters. The molecular formula is C11H13BrN4O. The molecule has 1 heterocycles. The van der Waals surface area contributed by atoms with Gasteiger partial charge in [-0.3, -0.25) is 0 Å². The van der Waals surface area contributed by atoms with E-state index in [2.05, 4.69) is 26.2 Å². The van der Waals surface area contributed by atoms with E-state index in [0.29, 0.717) is 13.1 Å². The number of aliphatic hydroxyl groups excluding tert-OH is 1. The molecular weight excluding hydrogens is 284 g/mol. The summed E-state index contributed by atoms with van der Waals surface area (Å²) in [7, 11) is 0. The molecule has 0 amide bonds. The molecule has 0 fully saturated rings. The molecule has 0 aliphatic rings. The highest BCUT2D eigenvalue weighted by Crippen LogP contribution is 2.23. The van der Waals surface area contributed by atoms with Crippen LogP contribution in [0.15, 0.2) is 28.7 Å². The molecule has 2 aromatic rings. The van der Waals surface area contributed by atoms with Crippen molar-refractivity contribution in [2.24, 2.45) is 5.73 Å². The number of aliphatic hydroxyl groups is 1. The Morgan fingerprint density at radius 3 is 2.59 bits per heavy atom. The van der Waals surface area contributed by atoms with Crippen LogP contribution in [0.4, 0.5) is 0 Å². The summed E-state index contributed by atoms with van der Waals surface area (Å²) in [6.45, 7) is 0.770. The molecule has 6 heteroatoms. The summed E-state index contributed by atoms with van der Waals surface area (Å²) in [6.07, 6.45) is 0. The summed E-state index contributed by atoms with van der Waals surface area (Å²) < 4.78 is 2.68. The van der Waals surface area contributed by atoms with E-state index in [4.69, 9.17) is 10.8 Å². The number of nitrogens with zero attached hydrogens (tertiary/aromatic N) is 3. The molecule has 1 aromatic carbocycles. The Kier molecular flexibility index (Phi) is 3.88. The number of hydrogen-bond donors (Lipinski definition) is 2. The number of nitrogens with two attached hydrogens (primary N) is 1. The largest absolute Gasteiger partial charge is 0.394 e. The Labute approximate surface area is 107 Å². The van der Waals surface area contributed by atoms with Gasteiger partial charge in [-0.15, -0.1) is 5.10 Å². The van der Waals surface area contributed by atoms with Gasteiger partial charge in [0.15, 0.2) is 0 Å². The lowest BCUT2D eigenvalue weighted by Crippen LogP contribution is -2.07. The van der Waals surface area contributed by atoms with Crippen molar-refractivity contribution in [3.05, 3.63) is 34.4 Å². The van der Waals surface area contributed by atoms with Gasteiger partial charge in [0.1, 0.15) is 5.69 Å². The lowest BCUT2D eigenvalue weighted by molar-refractivity contribution is 0.269. The second-order valence-corrected chi connectivity index (χ2v) is 4.46. The van der Waals surface area contributed by atoms with Gasteiger partial charge in [-0.1, -0.05) is 33.3 Å². The number of aromatic nitrogens is 3. The molecule has 0 aliphatic heterocycles. The Bertz CT molecular complexity index is 495. The van der Waals surface area contributed by atoms with Crippen LogP contribution in [0.5, 0.6) is 0 Å². The van der Waals surface area contributed by atoms with Crippen molar-refractivity contribution in [1.29, 1.82) is 0 Å². The molecule has 90 valence electrons. The third-order valence-corrected chi connectivity index (χ3v) is 2.96. The topological polar surface area (TPSA) is 77.0 Å². The molecule has 0 bridgehead atoms. The van der Waals surface area contributed by atoms with Crippen LogP contribution in [-0.4, -0.2) is 26.7 Å². The average molecular weight is 297 g/mol. The van der Waals surface area contributed by atoms with E-state index in [0.717, 1.165) is 21.4 Å². The van der Waals surface area contributed by atoms with Crippen LogP contribution in [-0.2, 0) is 13.1 Å². The first-order chi connectivity index (χ1) is 8.26. The molecule has 0 aliphatic carbocycles. The predicted octanol–water partition coefficient (Wildman–Crippen LogP) is 1.16. The minimum Gasteiger partial charge on any atom is -0.394 e. The van der Waals surface area contributed by atoms with E-state index >= 15 is 0 Å². The standard InChI is InChI=1S/C11H13BrN4O/c12-9-3-1-8(2-4-9)11-10(7-13)14-15-16(11)5-6-17/h1-4,17H,5-7,13H2. The second-order valence-electron chi connectivity index (χ2n) is 3.54. The van der Waals surface area contributed by atoms with Gasteiger partial charge in [-0.05, 0) is 12.1 Å².